The standard InChI is InChI=1S/C15H20O5/c1-9-4-3-5-14(8-16)7-12-11(6-15(9,14)20-18)10(2)13(17)19-12/h11-12,16,18H,1-8H2. The molecule has 0 aromatic heterocycles. The molecule has 3 rings (SSSR count). The molecule has 0 aromatic carbocycles. The number of fused-ring (bicyclic) bond motifs is 2. The lowest BCUT2D eigenvalue weighted by Crippen LogP contribution is -2.61. The van der Waals surface area contributed by atoms with Gasteiger partial charge in [0.1, 0.15) is 11.7 Å². The second kappa shape index (κ2) is 4.41. The predicted octanol–water partition coefficient (Wildman–Crippen LogP) is 1.83. The normalized spacial score (nSPS) is 44.0. The molecule has 2 aliphatic carbocycles. The van der Waals surface area contributed by atoms with Crippen LogP contribution in [0.15, 0.2) is 24.3 Å². The molecule has 5 nitrogen and oxygen atoms in total. The van der Waals surface area contributed by atoms with Gasteiger partial charge in [-0.2, -0.15) is 0 Å². The number of aliphatic hydroxyl groups is 1. The molecule has 2 N–H and O–H groups in total. The molecule has 5 heteroatoms. The fraction of sp³-hybridized carbons (Fsp3) is 0.667. The van der Waals surface area contributed by atoms with Crippen LogP contribution < -0.4 is 0 Å². The lowest BCUT2D eigenvalue weighted by atomic mass is 9.52. The zero-order valence-corrected chi connectivity index (χ0v) is 11.4. The summed E-state index contributed by atoms with van der Waals surface area (Å²) in [4.78, 5) is 16.6. The van der Waals surface area contributed by atoms with Crippen LogP contribution >= 0.6 is 0 Å². The zero-order valence-electron chi connectivity index (χ0n) is 11.4. The van der Waals surface area contributed by atoms with Crippen LogP contribution in [0.25, 0.3) is 0 Å². The number of hydrogen-bond donors (Lipinski definition) is 2. The first-order chi connectivity index (χ1) is 9.49. The van der Waals surface area contributed by atoms with E-state index >= 15 is 0 Å². The van der Waals surface area contributed by atoms with Crippen LogP contribution in [0.2, 0.25) is 0 Å². The zero-order chi connectivity index (χ0) is 14.5. The Balaban J connectivity index is 2.05. The summed E-state index contributed by atoms with van der Waals surface area (Å²) < 4.78 is 5.36. The van der Waals surface area contributed by atoms with Gasteiger partial charge in [-0.15, -0.1) is 0 Å². The van der Waals surface area contributed by atoms with Crippen LogP contribution in [0.1, 0.15) is 32.1 Å². The largest absolute Gasteiger partial charge is 0.458 e. The molecule has 1 heterocycles. The second-order valence-electron chi connectivity index (χ2n) is 6.30. The monoisotopic (exact) mass is 280 g/mol. The molecular weight excluding hydrogens is 260 g/mol. The summed E-state index contributed by atoms with van der Waals surface area (Å²) in [5, 5.41) is 19.5. The summed E-state index contributed by atoms with van der Waals surface area (Å²) in [7, 11) is 0. The molecule has 110 valence electrons. The predicted molar refractivity (Wildman–Crippen MR) is 70.7 cm³/mol. The highest BCUT2D eigenvalue weighted by Crippen LogP contribution is 2.60. The first kappa shape index (κ1) is 13.8. The first-order valence-electron chi connectivity index (χ1n) is 7.01. The Kier molecular flexibility index (Phi) is 3.04. The summed E-state index contributed by atoms with van der Waals surface area (Å²) in [6.07, 6.45) is 2.93. The Hall–Kier alpha value is -1.17. The van der Waals surface area contributed by atoms with Gasteiger partial charge in [0.05, 0.1) is 6.61 Å². The summed E-state index contributed by atoms with van der Waals surface area (Å²) in [6.45, 7) is 7.71. The highest BCUT2D eigenvalue weighted by molar-refractivity contribution is 5.91. The van der Waals surface area contributed by atoms with Crippen LogP contribution in [0.3, 0.4) is 0 Å². The molecule has 3 aliphatic rings. The maximum atomic E-state index is 11.7. The van der Waals surface area contributed by atoms with E-state index in [9.17, 15) is 15.2 Å². The third-order valence-corrected chi connectivity index (χ3v) is 5.54. The molecule has 2 saturated carbocycles. The molecule has 1 aliphatic heterocycles. The molecule has 4 atom stereocenters. The van der Waals surface area contributed by atoms with Crippen molar-refractivity contribution in [1.82, 2.24) is 0 Å². The summed E-state index contributed by atoms with van der Waals surface area (Å²) >= 11 is 0. The van der Waals surface area contributed by atoms with Gasteiger partial charge in [-0.1, -0.05) is 13.2 Å². The molecule has 0 spiro atoms. The lowest BCUT2D eigenvalue weighted by Gasteiger charge is -2.56. The van der Waals surface area contributed by atoms with Crippen molar-refractivity contribution in [2.24, 2.45) is 11.3 Å². The maximum absolute atomic E-state index is 11.7. The summed E-state index contributed by atoms with van der Waals surface area (Å²) in [5.74, 6) is -0.561. The Morgan fingerprint density at radius 2 is 2.15 bits per heavy atom. The van der Waals surface area contributed by atoms with Gasteiger partial charge in [-0.05, 0) is 37.7 Å². The van der Waals surface area contributed by atoms with Crippen molar-refractivity contribution in [1.29, 1.82) is 0 Å². The van der Waals surface area contributed by atoms with E-state index in [4.69, 9.17) is 9.62 Å². The van der Waals surface area contributed by atoms with Crippen molar-refractivity contribution < 1.29 is 24.8 Å². The van der Waals surface area contributed by atoms with Crippen molar-refractivity contribution in [2.75, 3.05) is 6.61 Å². The SMILES string of the molecule is C=C1C(=O)OC2CC3(CO)CCCC(=C)C3(OO)CC12. The Morgan fingerprint density at radius 1 is 1.40 bits per heavy atom. The lowest BCUT2D eigenvalue weighted by molar-refractivity contribution is -0.363. The third kappa shape index (κ3) is 1.51. The van der Waals surface area contributed by atoms with Crippen molar-refractivity contribution in [3.63, 3.8) is 0 Å². The molecule has 0 amide bonds. The molecule has 0 aromatic rings. The highest BCUT2D eigenvalue weighted by Gasteiger charge is 2.64. The third-order valence-electron chi connectivity index (χ3n) is 5.54. The summed E-state index contributed by atoms with van der Waals surface area (Å²) in [6, 6.07) is 0. The van der Waals surface area contributed by atoms with E-state index in [1.54, 1.807) is 0 Å². The number of esters is 1. The minimum Gasteiger partial charge on any atom is -0.458 e. The van der Waals surface area contributed by atoms with E-state index < -0.39 is 11.0 Å². The van der Waals surface area contributed by atoms with Crippen LogP contribution in [0.4, 0.5) is 0 Å². The van der Waals surface area contributed by atoms with Crippen LogP contribution in [0, 0.1) is 11.3 Å². The van der Waals surface area contributed by atoms with Gasteiger partial charge in [0.15, 0.2) is 0 Å². The summed E-state index contributed by atoms with van der Waals surface area (Å²) in [5.41, 5.74) is -0.427. The van der Waals surface area contributed by atoms with Crippen LogP contribution in [0.5, 0.6) is 0 Å². The van der Waals surface area contributed by atoms with Crippen LogP contribution in [-0.4, -0.2) is 34.6 Å². The number of hydrogen-bond acceptors (Lipinski definition) is 5. The average Bonchev–Trinajstić information content (AvgIpc) is 2.71. The molecule has 3 fully saturated rings. The highest BCUT2D eigenvalue weighted by atomic mass is 17.1. The van der Waals surface area contributed by atoms with Gasteiger partial charge in [0.25, 0.3) is 0 Å². The van der Waals surface area contributed by atoms with Crippen molar-refractivity contribution >= 4 is 5.97 Å². The first-order valence-corrected chi connectivity index (χ1v) is 7.01. The van der Waals surface area contributed by atoms with Gasteiger partial charge >= 0.3 is 5.97 Å². The Labute approximate surface area is 117 Å². The van der Waals surface area contributed by atoms with Gasteiger partial charge in [0, 0.05) is 16.9 Å². The fourth-order valence-corrected chi connectivity index (χ4v) is 4.32. The van der Waals surface area contributed by atoms with E-state index in [1.807, 2.05) is 0 Å². The van der Waals surface area contributed by atoms with Crippen molar-refractivity contribution in [2.45, 2.75) is 43.8 Å². The minimum atomic E-state index is -1.00. The van der Waals surface area contributed by atoms with E-state index in [1.165, 1.54) is 0 Å². The van der Waals surface area contributed by atoms with Crippen molar-refractivity contribution in [3.8, 4) is 0 Å². The number of carbonyl (C=O) groups excluding carboxylic acids is 1. The molecule has 1 saturated heterocycles. The van der Waals surface area contributed by atoms with Crippen molar-refractivity contribution in [3.05, 3.63) is 24.3 Å². The van der Waals surface area contributed by atoms with E-state index in [0.717, 1.165) is 24.8 Å². The average molecular weight is 280 g/mol. The Bertz CT molecular complexity index is 485. The van der Waals surface area contributed by atoms with E-state index in [2.05, 4.69) is 13.2 Å². The van der Waals surface area contributed by atoms with Gasteiger partial charge in [0.2, 0.25) is 0 Å². The van der Waals surface area contributed by atoms with Gasteiger partial charge in [-0.25, -0.2) is 9.68 Å². The number of ether oxygens (including phenoxy) is 1. The Morgan fingerprint density at radius 3 is 2.80 bits per heavy atom. The molecule has 20 heavy (non-hydrogen) atoms. The molecule has 0 bridgehead atoms. The van der Waals surface area contributed by atoms with Crippen LogP contribution in [-0.2, 0) is 14.4 Å². The quantitative estimate of drug-likeness (QED) is 0.265. The smallest absolute Gasteiger partial charge is 0.334 e. The van der Waals surface area contributed by atoms with E-state index in [0.29, 0.717) is 18.4 Å². The molecule has 0 radical (unpaired) electrons. The molecular formula is C15H20O5. The van der Waals surface area contributed by atoms with Gasteiger partial charge in [-0.3, -0.25) is 5.26 Å². The fourth-order valence-electron chi connectivity index (χ4n) is 4.32. The number of aliphatic hydroxyl groups excluding tert-OH is 1. The maximum Gasteiger partial charge on any atom is 0.334 e. The van der Waals surface area contributed by atoms with Gasteiger partial charge < -0.3 is 9.84 Å². The second-order valence-corrected chi connectivity index (χ2v) is 6.30. The number of rotatable bonds is 2. The van der Waals surface area contributed by atoms with E-state index in [-0.39, 0.29) is 24.6 Å². The topological polar surface area (TPSA) is 76.0 Å². The number of carbonyl (C=O) groups is 1. The minimum absolute atomic E-state index is 0.125. The molecule has 4 unspecified atom stereocenters.